The zero-order chi connectivity index (χ0) is 18.2. The van der Waals surface area contributed by atoms with Crippen LogP contribution in [0.15, 0.2) is 84.2 Å². The van der Waals surface area contributed by atoms with Crippen LogP contribution in [0.5, 0.6) is 0 Å². The van der Waals surface area contributed by atoms with Crippen LogP contribution in [0.4, 0.5) is 0 Å². The van der Waals surface area contributed by atoms with Crippen molar-refractivity contribution in [3.63, 3.8) is 0 Å². The molecule has 5 rings (SSSR count). The molecule has 0 aliphatic carbocycles. The van der Waals surface area contributed by atoms with E-state index in [-0.39, 0.29) is 5.56 Å². The molecule has 27 heavy (non-hydrogen) atoms. The van der Waals surface area contributed by atoms with Crippen LogP contribution < -0.4 is 5.56 Å². The first-order chi connectivity index (χ1) is 13.3. The van der Waals surface area contributed by atoms with Crippen LogP contribution in [-0.4, -0.2) is 23.9 Å². The van der Waals surface area contributed by atoms with Gasteiger partial charge in [0.15, 0.2) is 5.65 Å². The molecular weight excluding hydrogens is 338 g/mol. The molecule has 6 nitrogen and oxygen atoms in total. The molecule has 0 atom stereocenters. The predicted octanol–water partition coefficient (Wildman–Crippen LogP) is 3.15. The molecular formula is C21H15N5O. The molecule has 0 fully saturated rings. The average Bonchev–Trinajstić information content (AvgIpc) is 3.15. The lowest BCUT2D eigenvalue weighted by molar-refractivity contribution is 0.784. The number of rotatable bonds is 3. The van der Waals surface area contributed by atoms with Gasteiger partial charge in [-0.2, -0.15) is 0 Å². The fourth-order valence-corrected chi connectivity index (χ4v) is 3.32. The van der Waals surface area contributed by atoms with Crippen molar-refractivity contribution in [1.29, 1.82) is 0 Å². The van der Waals surface area contributed by atoms with E-state index in [1.165, 1.54) is 6.20 Å². The van der Waals surface area contributed by atoms with Crippen molar-refractivity contribution in [2.75, 3.05) is 0 Å². The van der Waals surface area contributed by atoms with Crippen molar-refractivity contribution < 1.29 is 0 Å². The predicted molar refractivity (Wildman–Crippen MR) is 104 cm³/mol. The van der Waals surface area contributed by atoms with Crippen LogP contribution in [0.25, 0.3) is 28.1 Å². The van der Waals surface area contributed by atoms with Gasteiger partial charge in [-0.1, -0.05) is 24.3 Å². The zero-order valence-corrected chi connectivity index (χ0v) is 14.4. The van der Waals surface area contributed by atoms with Crippen molar-refractivity contribution in [3.05, 3.63) is 95.3 Å². The second-order valence-corrected chi connectivity index (χ2v) is 6.30. The van der Waals surface area contributed by atoms with Crippen molar-refractivity contribution >= 4 is 16.8 Å². The molecule has 6 heteroatoms. The number of pyridine rings is 2. The third kappa shape index (κ3) is 2.67. The Morgan fingerprint density at radius 1 is 0.889 bits per heavy atom. The van der Waals surface area contributed by atoms with E-state index in [2.05, 4.69) is 31.5 Å². The minimum Gasteiger partial charge on any atom is -0.300 e. The number of benzene rings is 1. The van der Waals surface area contributed by atoms with E-state index >= 15 is 0 Å². The van der Waals surface area contributed by atoms with Crippen LogP contribution in [-0.2, 0) is 6.54 Å². The number of hydrogen-bond donors (Lipinski definition) is 0. The summed E-state index contributed by atoms with van der Waals surface area (Å²) in [7, 11) is 0. The molecule has 0 N–H and O–H groups in total. The smallest absolute Gasteiger partial charge is 0.269 e. The molecule has 0 aliphatic heterocycles. The average molecular weight is 353 g/mol. The molecule has 4 aromatic heterocycles. The first-order valence-corrected chi connectivity index (χ1v) is 8.61. The Bertz CT molecular complexity index is 1340. The largest absolute Gasteiger partial charge is 0.300 e. The van der Waals surface area contributed by atoms with Gasteiger partial charge in [0.25, 0.3) is 5.56 Å². The lowest BCUT2D eigenvalue weighted by atomic mass is 10.1. The molecule has 0 saturated carbocycles. The van der Waals surface area contributed by atoms with Gasteiger partial charge in [-0.3, -0.25) is 13.8 Å². The maximum Gasteiger partial charge on any atom is 0.269 e. The SMILES string of the molecule is O=c1cnc2ncccc2n1Cc1cccc(-c2cnc3ccccn23)c1. The molecule has 0 saturated heterocycles. The maximum absolute atomic E-state index is 12.4. The summed E-state index contributed by atoms with van der Waals surface area (Å²) in [4.78, 5) is 25.2. The van der Waals surface area contributed by atoms with Gasteiger partial charge < -0.3 is 0 Å². The van der Waals surface area contributed by atoms with E-state index in [9.17, 15) is 4.79 Å². The third-order valence-electron chi connectivity index (χ3n) is 4.60. The Balaban J connectivity index is 1.60. The molecule has 0 spiro atoms. The molecule has 0 radical (unpaired) electrons. The standard InChI is InChI=1S/C21H15N5O/c27-20-13-24-21-17(7-4-9-22-21)26(20)14-15-5-3-6-16(11-15)18-12-23-19-8-1-2-10-25(18)19/h1-13H,14H2. The number of nitrogens with zero attached hydrogens (tertiary/aromatic N) is 5. The second-order valence-electron chi connectivity index (χ2n) is 6.30. The lowest BCUT2D eigenvalue weighted by Gasteiger charge is -2.10. The van der Waals surface area contributed by atoms with Gasteiger partial charge in [-0.15, -0.1) is 0 Å². The first kappa shape index (κ1) is 15.5. The maximum atomic E-state index is 12.4. The van der Waals surface area contributed by atoms with Crippen molar-refractivity contribution in [2.45, 2.75) is 6.54 Å². The summed E-state index contributed by atoms with van der Waals surface area (Å²) in [6, 6.07) is 17.8. The van der Waals surface area contributed by atoms with Gasteiger partial charge in [0.2, 0.25) is 0 Å². The van der Waals surface area contributed by atoms with Gasteiger partial charge in [0.1, 0.15) is 5.65 Å². The topological polar surface area (TPSA) is 65.1 Å². The van der Waals surface area contributed by atoms with Crippen LogP contribution in [0.2, 0.25) is 0 Å². The Hall–Kier alpha value is -3.80. The van der Waals surface area contributed by atoms with Gasteiger partial charge in [-0.25, -0.2) is 15.0 Å². The van der Waals surface area contributed by atoms with Gasteiger partial charge in [0.05, 0.1) is 30.1 Å². The Kier molecular flexibility index (Phi) is 3.53. The van der Waals surface area contributed by atoms with Crippen LogP contribution in [0, 0.1) is 0 Å². The number of hydrogen-bond acceptors (Lipinski definition) is 4. The Morgan fingerprint density at radius 3 is 2.81 bits per heavy atom. The van der Waals surface area contributed by atoms with E-state index < -0.39 is 0 Å². The highest BCUT2D eigenvalue weighted by Gasteiger charge is 2.09. The van der Waals surface area contributed by atoms with Crippen molar-refractivity contribution in [3.8, 4) is 11.3 Å². The molecule has 130 valence electrons. The molecule has 0 bridgehead atoms. The van der Waals surface area contributed by atoms with E-state index in [0.717, 1.165) is 28.0 Å². The van der Waals surface area contributed by atoms with E-state index in [1.54, 1.807) is 10.8 Å². The van der Waals surface area contributed by atoms with Crippen LogP contribution in [0.1, 0.15) is 5.56 Å². The summed E-state index contributed by atoms with van der Waals surface area (Å²) < 4.78 is 3.75. The molecule has 0 unspecified atom stereocenters. The molecule has 0 amide bonds. The highest BCUT2D eigenvalue weighted by atomic mass is 16.1. The highest BCUT2D eigenvalue weighted by Crippen LogP contribution is 2.22. The van der Waals surface area contributed by atoms with Gasteiger partial charge >= 0.3 is 0 Å². The molecule has 5 aromatic rings. The summed E-state index contributed by atoms with van der Waals surface area (Å²) >= 11 is 0. The molecule has 1 aromatic carbocycles. The summed E-state index contributed by atoms with van der Waals surface area (Å²) in [5.41, 5.74) is 5.14. The minimum absolute atomic E-state index is 0.143. The fourth-order valence-electron chi connectivity index (χ4n) is 3.32. The van der Waals surface area contributed by atoms with Gasteiger partial charge in [0, 0.05) is 18.0 Å². The quantitative estimate of drug-likeness (QED) is 0.500. The summed E-state index contributed by atoms with van der Waals surface area (Å²) in [5, 5.41) is 0. The van der Waals surface area contributed by atoms with E-state index in [0.29, 0.717) is 12.2 Å². The van der Waals surface area contributed by atoms with Crippen LogP contribution >= 0.6 is 0 Å². The zero-order valence-electron chi connectivity index (χ0n) is 14.4. The van der Waals surface area contributed by atoms with E-state index in [1.807, 2.05) is 54.9 Å². The lowest BCUT2D eigenvalue weighted by Crippen LogP contribution is -2.21. The number of aromatic nitrogens is 5. The van der Waals surface area contributed by atoms with E-state index in [4.69, 9.17) is 0 Å². The summed E-state index contributed by atoms with van der Waals surface area (Å²) in [6.45, 7) is 0.453. The van der Waals surface area contributed by atoms with Crippen LogP contribution in [0.3, 0.4) is 0 Å². The number of imidazole rings is 1. The highest BCUT2D eigenvalue weighted by molar-refractivity contribution is 5.69. The van der Waals surface area contributed by atoms with Crippen molar-refractivity contribution in [2.24, 2.45) is 0 Å². The first-order valence-electron chi connectivity index (χ1n) is 8.61. The second kappa shape index (κ2) is 6.17. The fraction of sp³-hybridized carbons (Fsp3) is 0.0476. The monoisotopic (exact) mass is 353 g/mol. The molecule has 4 heterocycles. The summed E-state index contributed by atoms with van der Waals surface area (Å²) in [5.74, 6) is 0. The van der Waals surface area contributed by atoms with Gasteiger partial charge in [-0.05, 0) is 35.9 Å². The summed E-state index contributed by atoms with van der Waals surface area (Å²) in [6.07, 6.45) is 6.86. The minimum atomic E-state index is -0.143. The third-order valence-corrected chi connectivity index (χ3v) is 4.60. The number of fused-ring (bicyclic) bond motifs is 2. The van der Waals surface area contributed by atoms with Crippen molar-refractivity contribution in [1.82, 2.24) is 23.9 Å². The molecule has 0 aliphatic rings. The normalized spacial score (nSPS) is 11.3. The Morgan fingerprint density at radius 2 is 1.85 bits per heavy atom. The Labute approximate surface area is 154 Å².